The Bertz CT molecular complexity index is 1230. The summed E-state index contributed by atoms with van der Waals surface area (Å²) in [7, 11) is -2.44. The summed E-state index contributed by atoms with van der Waals surface area (Å²) in [6.07, 6.45) is 0.0917. The number of carbonyl (C=O) groups excluding carboxylic acids is 1. The first-order valence-corrected chi connectivity index (χ1v) is 12.1. The Kier molecular flexibility index (Phi) is 7.93. The van der Waals surface area contributed by atoms with Crippen molar-refractivity contribution >= 4 is 39.1 Å². The molecule has 1 amide bonds. The average molecular weight is 493 g/mol. The molecule has 0 unspecified atom stereocenters. The summed E-state index contributed by atoms with van der Waals surface area (Å²) in [5.41, 5.74) is 1.80. The third-order valence-electron chi connectivity index (χ3n) is 4.59. The fraction of sp³-hybridized carbons (Fsp3) is 0.174. The number of anilines is 2. The second-order valence-corrected chi connectivity index (χ2v) is 9.78. The van der Waals surface area contributed by atoms with Crippen molar-refractivity contribution in [3.8, 4) is 5.75 Å². The van der Waals surface area contributed by atoms with E-state index < -0.39 is 15.8 Å². The van der Waals surface area contributed by atoms with Crippen LogP contribution in [0, 0.1) is 6.92 Å². The number of methoxy groups -OCH3 is 1. The first-order valence-electron chi connectivity index (χ1n) is 9.77. The van der Waals surface area contributed by atoms with Crippen molar-refractivity contribution in [1.82, 2.24) is 0 Å². The first-order chi connectivity index (χ1) is 15.7. The maximum absolute atomic E-state index is 12.9. The van der Waals surface area contributed by atoms with Crippen LogP contribution in [-0.2, 0) is 21.2 Å². The number of sulfonamides is 1. The van der Waals surface area contributed by atoms with E-state index in [1.54, 1.807) is 43.3 Å². The maximum Gasteiger partial charge on any atom is 0.288 e. The molecule has 0 aromatic heterocycles. The molecular weight excluding hydrogens is 470 g/mol. The zero-order chi connectivity index (χ0) is 24.0. The number of benzene rings is 3. The van der Waals surface area contributed by atoms with Gasteiger partial charge in [-0.25, -0.2) is 8.42 Å². The van der Waals surface area contributed by atoms with Crippen molar-refractivity contribution < 1.29 is 26.7 Å². The van der Waals surface area contributed by atoms with Crippen LogP contribution in [0.5, 0.6) is 5.75 Å². The van der Waals surface area contributed by atoms with E-state index in [0.29, 0.717) is 33.7 Å². The zero-order valence-electron chi connectivity index (χ0n) is 17.8. The van der Waals surface area contributed by atoms with E-state index in [1.165, 1.54) is 37.4 Å². The monoisotopic (exact) mass is 492 g/mol. The van der Waals surface area contributed by atoms with Crippen molar-refractivity contribution in [2.45, 2.75) is 28.9 Å². The van der Waals surface area contributed by atoms with Crippen LogP contribution in [0.15, 0.2) is 76.5 Å². The van der Waals surface area contributed by atoms with Gasteiger partial charge < -0.3 is 10.1 Å². The van der Waals surface area contributed by atoms with Gasteiger partial charge >= 0.3 is 0 Å². The molecule has 0 heterocycles. The summed E-state index contributed by atoms with van der Waals surface area (Å²) in [6.45, 7) is 1.64. The van der Waals surface area contributed by atoms with Crippen molar-refractivity contribution in [3.05, 3.63) is 77.9 Å². The number of nitrogens with one attached hydrogen (secondary N) is 2. The molecule has 3 rings (SSSR count). The molecule has 0 saturated carbocycles. The lowest BCUT2D eigenvalue weighted by atomic mass is 10.1. The fourth-order valence-corrected chi connectivity index (χ4v) is 4.88. The highest BCUT2D eigenvalue weighted by atomic mass is 32.2. The summed E-state index contributed by atoms with van der Waals surface area (Å²) in [5.74, 6) is -2.23. The van der Waals surface area contributed by atoms with Crippen molar-refractivity contribution in [1.29, 1.82) is 0 Å². The van der Waals surface area contributed by atoms with Gasteiger partial charge in [0.2, 0.25) is 5.91 Å². The molecule has 0 saturated heterocycles. The van der Waals surface area contributed by atoms with E-state index in [1.807, 2.05) is 0 Å². The van der Waals surface area contributed by atoms with E-state index in [9.17, 15) is 22.0 Å². The molecule has 10 heteroatoms. The molecule has 3 aromatic rings. The van der Waals surface area contributed by atoms with Crippen LogP contribution in [0.25, 0.3) is 0 Å². The van der Waals surface area contributed by atoms with E-state index in [-0.39, 0.29) is 22.9 Å². The highest BCUT2D eigenvalue weighted by Gasteiger charge is 2.19. The normalized spacial score (nSPS) is 11.3. The first kappa shape index (κ1) is 24.5. The van der Waals surface area contributed by atoms with Gasteiger partial charge in [0.25, 0.3) is 15.8 Å². The Hall–Kier alpha value is -3.11. The number of alkyl halides is 2. The van der Waals surface area contributed by atoms with Crippen LogP contribution in [0.4, 0.5) is 20.2 Å². The number of aryl methyl sites for hydroxylation is 1. The zero-order valence-corrected chi connectivity index (χ0v) is 19.5. The summed E-state index contributed by atoms with van der Waals surface area (Å²) < 4.78 is 58.4. The predicted molar refractivity (Wildman–Crippen MR) is 126 cm³/mol. The molecule has 0 bridgehead atoms. The molecular formula is C23H22F2N2O4S2. The molecule has 0 radical (unpaired) electrons. The topological polar surface area (TPSA) is 84.5 Å². The smallest absolute Gasteiger partial charge is 0.288 e. The lowest BCUT2D eigenvalue weighted by Gasteiger charge is -2.13. The molecule has 3 aromatic carbocycles. The van der Waals surface area contributed by atoms with E-state index >= 15 is 0 Å². The third-order valence-corrected chi connectivity index (χ3v) is 6.84. The number of carbonyl (C=O) groups is 1. The van der Waals surface area contributed by atoms with Gasteiger partial charge in [0.05, 0.1) is 18.4 Å². The average Bonchev–Trinajstić information content (AvgIpc) is 2.76. The van der Waals surface area contributed by atoms with Crippen LogP contribution in [0.1, 0.15) is 11.1 Å². The molecule has 174 valence electrons. The van der Waals surface area contributed by atoms with E-state index in [4.69, 9.17) is 4.74 Å². The number of amides is 1. The minimum atomic E-state index is -3.98. The Balaban J connectivity index is 1.73. The lowest BCUT2D eigenvalue weighted by Crippen LogP contribution is -2.17. The van der Waals surface area contributed by atoms with Crippen LogP contribution in [0.2, 0.25) is 0 Å². The molecule has 0 fully saturated rings. The van der Waals surface area contributed by atoms with E-state index in [0.717, 1.165) is 5.56 Å². The quantitative estimate of drug-likeness (QED) is 0.396. The van der Waals surface area contributed by atoms with Gasteiger partial charge in [0, 0.05) is 16.3 Å². The highest BCUT2D eigenvalue weighted by Crippen LogP contribution is 2.28. The number of thioether (sulfide) groups is 1. The van der Waals surface area contributed by atoms with Crippen LogP contribution < -0.4 is 14.8 Å². The van der Waals surface area contributed by atoms with Crippen molar-refractivity contribution in [3.63, 3.8) is 0 Å². The SMILES string of the molecule is COc1cccc(CC(=O)Nc2ccc(C)c(S(=O)(=O)Nc3ccc(SC(F)F)cc3)c2)c1. The van der Waals surface area contributed by atoms with Gasteiger partial charge in [-0.3, -0.25) is 9.52 Å². The lowest BCUT2D eigenvalue weighted by molar-refractivity contribution is -0.115. The Morgan fingerprint density at radius 3 is 2.39 bits per heavy atom. The minimum absolute atomic E-state index is 0.00675. The van der Waals surface area contributed by atoms with Gasteiger partial charge in [-0.2, -0.15) is 8.78 Å². The Labute approximate surface area is 195 Å². The number of hydrogen-bond donors (Lipinski definition) is 2. The molecule has 0 aliphatic heterocycles. The van der Waals surface area contributed by atoms with Gasteiger partial charge in [-0.05, 0) is 66.6 Å². The summed E-state index contributed by atoms with van der Waals surface area (Å²) in [6, 6.07) is 17.3. The standard InChI is InChI=1S/C23H22F2N2O4S2/c1-15-6-7-18(26-22(28)13-16-4-3-5-19(12-16)31-2)14-21(15)33(29,30)27-17-8-10-20(11-9-17)32-23(24)25/h3-12,14,23,27H,13H2,1-2H3,(H,26,28). The third kappa shape index (κ3) is 6.93. The summed E-state index contributed by atoms with van der Waals surface area (Å²) >= 11 is 0.376. The van der Waals surface area contributed by atoms with Crippen LogP contribution in [-0.4, -0.2) is 27.2 Å². The number of rotatable bonds is 9. The Morgan fingerprint density at radius 1 is 1.03 bits per heavy atom. The molecule has 0 spiro atoms. The largest absolute Gasteiger partial charge is 0.497 e. The van der Waals surface area contributed by atoms with Gasteiger partial charge in [0.1, 0.15) is 5.75 Å². The van der Waals surface area contributed by atoms with Crippen molar-refractivity contribution in [2.75, 3.05) is 17.1 Å². The van der Waals surface area contributed by atoms with Gasteiger partial charge in [-0.1, -0.05) is 30.0 Å². The number of ether oxygens (including phenoxy) is 1. The molecule has 0 aliphatic carbocycles. The molecule has 0 aliphatic rings. The second kappa shape index (κ2) is 10.7. The molecule has 0 atom stereocenters. The molecule has 2 N–H and O–H groups in total. The number of halogens is 2. The fourth-order valence-electron chi connectivity index (χ4n) is 3.05. The minimum Gasteiger partial charge on any atom is -0.497 e. The van der Waals surface area contributed by atoms with Crippen LogP contribution >= 0.6 is 11.8 Å². The molecule has 6 nitrogen and oxygen atoms in total. The predicted octanol–water partition coefficient (Wildman–Crippen LogP) is 5.30. The van der Waals surface area contributed by atoms with Gasteiger partial charge in [0.15, 0.2) is 0 Å². The number of hydrogen-bond acceptors (Lipinski definition) is 5. The van der Waals surface area contributed by atoms with Crippen LogP contribution in [0.3, 0.4) is 0 Å². The summed E-state index contributed by atoms with van der Waals surface area (Å²) in [5, 5.41) is 2.71. The maximum atomic E-state index is 12.9. The van der Waals surface area contributed by atoms with Crippen molar-refractivity contribution in [2.24, 2.45) is 0 Å². The molecule has 33 heavy (non-hydrogen) atoms. The highest BCUT2D eigenvalue weighted by molar-refractivity contribution is 7.99. The second-order valence-electron chi connectivity index (χ2n) is 7.07. The summed E-state index contributed by atoms with van der Waals surface area (Å²) in [4.78, 5) is 12.8. The van der Waals surface area contributed by atoms with Gasteiger partial charge in [-0.15, -0.1) is 0 Å². The van der Waals surface area contributed by atoms with E-state index in [2.05, 4.69) is 10.0 Å². The Morgan fingerprint density at radius 2 is 1.73 bits per heavy atom.